The predicted octanol–water partition coefficient (Wildman–Crippen LogP) is 2.23. The molecule has 1 aromatic rings. The number of aromatic nitrogens is 1. The van der Waals surface area contributed by atoms with Gasteiger partial charge in [-0.2, -0.15) is 0 Å². The Hall–Kier alpha value is -1.29. The molecule has 0 unspecified atom stereocenters. The number of hydrogen-bond acceptors (Lipinski definition) is 2. The number of carboxylic acids is 1. The van der Waals surface area contributed by atoms with Crippen molar-refractivity contribution in [3.05, 3.63) is 24.0 Å². The third-order valence-electron chi connectivity index (χ3n) is 3.49. The molecule has 4 heteroatoms. The fourth-order valence-electron chi connectivity index (χ4n) is 2.63. The molecule has 0 spiro atoms. The average molecular weight is 236 g/mol. The van der Waals surface area contributed by atoms with Crippen LogP contribution in [0.1, 0.15) is 42.7 Å². The Labute approximate surface area is 102 Å². The van der Waals surface area contributed by atoms with Gasteiger partial charge in [-0.15, -0.1) is 0 Å². The summed E-state index contributed by atoms with van der Waals surface area (Å²) < 4.78 is 1.92. The third-order valence-corrected chi connectivity index (χ3v) is 3.49. The van der Waals surface area contributed by atoms with Crippen LogP contribution in [0.3, 0.4) is 0 Å². The van der Waals surface area contributed by atoms with Gasteiger partial charge in [0, 0.05) is 25.3 Å². The Morgan fingerprint density at radius 2 is 2.18 bits per heavy atom. The summed E-state index contributed by atoms with van der Waals surface area (Å²) in [4.78, 5) is 13.5. The van der Waals surface area contributed by atoms with Crippen molar-refractivity contribution in [2.45, 2.75) is 32.2 Å². The summed E-state index contributed by atoms with van der Waals surface area (Å²) in [5.74, 6) is -0.828. The van der Waals surface area contributed by atoms with Crippen LogP contribution >= 0.6 is 0 Å². The van der Waals surface area contributed by atoms with Crippen LogP contribution in [-0.2, 0) is 0 Å². The van der Waals surface area contributed by atoms with Crippen molar-refractivity contribution in [2.24, 2.45) is 0 Å². The van der Waals surface area contributed by atoms with Gasteiger partial charge >= 0.3 is 5.97 Å². The maximum absolute atomic E-state index is 11.1. The minimum absolute atomic E-state index is 0.351. The van der Waals surface area contributed by atoms with E-state index in [2.05, 4.69) is 11.8 Å². The van der Waals surface area contributed by atoms with E-state index in [-0.39, 0.29) is 0 Å². The van der Waals surface area contributed by atoms with E-state index in [4.69, 9.17) is 5.11 Å². The molecule has 1 aromatic heterocycles. The van der Waals surface area contributed by atoms with Crippen LogP contribution in [0.4, 0.5) is 0 Å². The Kier molecular flexibility index (Phi) is 3.84. The van der Waals surface area contributed by atoms with Crippen molar-refractivity contribution in [2.75, 3.05) is 19.6 Å². The second-order valence-corrected chi connectivity index (χ2v) is 4.68. The van der Waals surface area contributed by atoms with E-state index in [9.17, 15) is 4.79 Å². The van der Waals surface area contributed by atoms with Gasteiger partial charge < -0.3 is 14.6 Å². The highest BCUT2D eigenvalue weighted by atomic mass is 16.4. The molecule has 2 rings (SSSR count). The number of piperidine rings is 1. The van der Waals surface area contributed by atoms with Gasteiger partial charge in [0.15, 0.2) is 0 Å². The molecule has 1 saturated heterocycles. The molecule has 4 nitrogen and oxygen atoms in total. The van der Waals surface area contributed by atoms with Gasteiger partial charge in [0.05, 0.1) is 0 Å². The first-order chi connectivity index (χ1) is 8.22. The number of carbonyl (C=O) groups is 1. The molecule has 1 N–H and O–H groups in total. The first-order valence-corrected chi connectivity index (χ1v) is 6.35. The molecule has 0 aromatic carbocycles. The predicted molar refractivity (Wildman–Crippen MR) is 66.4 cm³/mol. The van der Waals surface area contributed by atoms with E-state index < -0.39 is 5.97 Å². The van der Waals surface area contributed by atoms with Crippen LogP contribution in [0.5, 0.6) is 0 Å². The summed E-state index contributed by atoms with van der Waals surface area (Å²) in [5, 5.41) is 9.09. The zero-order chi connectivity index (χ0) is 12.3. The molecule has 0 bridgehead atoms. The highest BCUT2D eigenvalue weighted by molar-refractivity contribution is 5.85. The molecule has 0 atom stereocenters. The molecule has 0 aliphatic carbocycles. The number of hydrogen-bond donors (Lipinski definition) is 1. The lowest BCUT2D eigenvalue weighted by atomic mass is 10.0. The van der Waals surface area contributed by atoms with Gasteiger partial charge in [0.1, 0.15) is 5.69 Å². The lowest BCUT2D eigenvalue weighted by Crippen LogP contribution is -2.35. The number of rotatable bonds is 4. The van der Waals surface area contributed by atoms with Gasteiger partial charge in [-0.1, -0.05) is 6.92 Å². The lowest BCUT2D eigenvalue weighted by molar-refractivity contribution is 0.0678. The highest BCUT2D eigenvalue weighted by Gasteiger charge is 2.22. The molecule has 94 valence electrons. The van der Waals surface area contributed by atoms with Crippen LogP contribution < -0.4 is 0 Å². The van der Waals surface area contributed by atoms with Gasteiger partial charge in [-0.25, -0.2) is 4.79 Å². The van der Waals surface area contributed by atoms with Gasteiger partial charge in [0.25, 0.3) is 0 Å². The van der Waals surface area contributed by atoms with Crippen LogP contribution in [0.2, 0.25) is 0 Å². The quantitative estimate of drug-likeness (QED) is 0.872. The molecule has 0 amide bonds. The number of aromatic carboxylic acids is 1. The van der Waals surface area contributed by atoms with Crippen molar-refractivity contribution >= 4 is 5.97 Å². The lowest BCUT2D eigenvalue weighted by Gasteiger charge is -2.33. The summed E-state index contributed by atoms with van der Waals surface area (Å²) in [6, 6.07) is 3.85. The standard InChI is InChI=1S/C13H20N2O2/c1-2-7-14-9-5-11(6-10-14)15-8-3-4-12(15)13(16)17/h3-4,8,11H,2,5-7,9-10H2,1H3,(H,16,17). The van der Waals surface area contributed by atoms with Crippen molar-refractivity contribution < 1.29 is 9.90 Å². The zero-order valence-corrected chi connectivity index (χ0v) is 10.3. The molecule has 0 saturated carbocycles. The minimum Gasteiger partial charge on any atom is -0.477 e. The first kappa shape index (κ1) is 12.2. The molecule has 1 fully saturated rings. The largest absolute Gasteiger partial charge is 0.477 e. The summed E-state index contributed by atoms with van der Waals surface area (Å²) in [7, 11) is 0. The number of likely N-dealkylation sites (tertiary alicyclic amines) is 1. The van der Waals surface area contributed by atoms with Gasteiger partial charge in [-0.3, -0.25) is 0 Å². The van der Waals surface area contributed by atoms with Crippen LogP contribution in [0.15, 0.2) is 18.3 Å². The highest BCUT2D eigenvalue weighted by Crippen LogP contribution is 2.24. The van der Waals surface area contributed by atoms with E-state index in [0.717, 1.165) is 32.5 Å². The monoisotopic (exact) mass is 236 g/mol. The smallest absolute Gasteiger partial charge is 0.352 e. The third kappa shape index (κ3) is 2.69. The van der Waals surface area contributed by atoms with Gasteiger partial charge in [-0.05, 0) is 37.9 Å². The van der Waals surface area contributed by atoms with Crippen molar-refractivity contribution in [3.63, 3.8) is 0 Å². The topological polar surface area (TPSA) is 45.5 Å². The summed E-state index contributed by atoms with van der Waals surface area (Å²) in [5.41, 5.74) is 0.416. The Morgan fingerprint density at radius 1 is 1.47 bits per heavy atom. The maximum Gasteiger partial charge on any atom is 0.352 e. The maximum atomic E-state index is 11.1. The van der Waals surface area contributed by atoms with Crippen LogP contribution in [0, 0.1) is 0 Å². The Morgan fingerprint density at radius 3 is 2.76 bits per heavy atom. The van der Waals surface area contributed by atoms with Gasteiger partial charge in [0.2, 0.25) is 0 Å². The molecular formula is C13H20N2O2. The molecule has 1 aliphatic rings. The summed E-state index contributed by atoms with van der Waals surface area (Å²) >= 11 is 0. The second kappa shape index (κ2) is 5.36. The number of nitrogens with zero attached hydrogens (tertiary/aromatic N) is 2. The Bertz CT molecular complexity index is 379. The second-order valence-electron chi connectivity index (χ2n) is 4.68. The summed E-state index contributed by atoms with van der Waals surface area (Å²) in [6.07, 6.45) is 5.18. The van der Waals surface area contributed by atoms with E-state index in [1.165, 1.54) is 6.42 Å². The normalized spacial score (nSPS) is 18.4. The van der Waals surface area contributed by atoms with E-state index >= 15 is 0 Å². The molecule has 17 heavy (non-hydrogen) atoms. The minimum atomic E-state index is -0.828. The fourth-order valence-corrected chi connectivity index (χ4v) is 2.63. The SMILES string of the molecule is CCCN1CCC(n2cccc2C(=O)O)CC1. The zero-order valence-electron chi connectivity index (χ0n) is 10.3. The number of carboxylic acid groups (broad SMARTS) is 1. The molecule has 2 heterocycles. The van der Waals surface area contributed by atoms with Crippen LogP contribution in [0.25, 0.3) is 0 Å². The van der Waals surface area contributed by atoms with Crippen molar-refractivity contribution in [1.82, 2.24) is 9.47 Å². The molecular weight excluding hydrogens is 216 g/mol. The average Bonchev–Trinajstić information content (AvgIpc) is 2.79. The summed E-state index contributed by atoms with van der Waals surface area (Å²) in [6.45, 7) is 5.51. The Balaban J connectivity index is 2.00. The molecule has 1 aliphatic heterocycles. The molecule has 0 radical (unpaired) electrons. The van der Waals surface area contributed by atoms with E-state index in [1.807, 2.05) is 16.8 Å². The fraction of sp³-hybridized carbons (Fsp3) is 0.615. The van der Waals surface area contributed by atoms with E-state index in [0.29, 0.717) is 11.7 Å². The first-order valence-electron chi connectivity index (χ1n) is 6.35. The van der Waals surface area contributed by atoms with Crippen LogP contribution in [-0.4, -0.2) is 40.2 Å². The van der Waals surface area contributed by atoms with Crippen molar-refractivity contribution in [3.8, 4) is 0 Å². The van der Waals surface area contributed by atoms with E-state index in [1.54, 1.807) is 6.07 Å². The van der Waals surface area contributed by atoms with Crippen molar-refractivity contribution in [1.29, 1.82) is 0 Å².